The molecule has 1 fully saturated rings. The van der Waals surface area contributed by atoms with Crippen molar-refractivity contribution < 1.29 is 0 Å². The van der Waals surface area contributed by atoms with Gasteiger partial charge >= 0.3 is 0 Å². The average molecular weight is 308 g/mol. The van der Waals surface area contributed by atoms with Crippen LogP contribution in [0.1, 0.15) is 6.42 Å². The molecule has 0 amide bonds. The number of hydrogen-bond donors (Lipinski definition) is 2. The highest BCUT2D eigenvalue weighted by Crippen LogP contribution is 2.29. The van der Waals surface area contributed by atoms with Crippen LogP contribution in [0.15, 0.2) is 12.3 Å². The number of halogens is 1. The Hall–Kier alpha value is -1.86. The van der Waals surface area contributed by atoms with Gasteiger partial charge in [-0.1, -0.05) is 11.6 Å². The van der Waals surface area contributed by atoms with Crippen LogP contribution in [0.5, 0.6) is 0 Å². The van der Waals surface area contributed by atoms with Gasteiger partial charge in [-0.15, -0.1) is 0 Å². The molecule has 1 aliphatic heterocycles. The third-order valence-electron chi connectivity index (χ3n) is 3.79. The first-order valence-electron chi connectivity index (χ1n) is 6.83. The van der Waals surface area contributed by atoms with Crippen LogP contribution in [0.4, 0.5) is 11.8 Å². The normalized spacial score (nSPS) is 18.4. The number of nitrogens with zero attached hydrogens (tertiary/aromatic N) is 5. The Kier molecular flexibility index (Phi) is 3.69. The van der Waals surface area contributed by atoms with Crippen molar-refractivity contribution in [1.29, 1.82) is 0 Å². The molecule has 3 rings (SSSR count). The molecule has 0 bridgehead atoms. The lowest BCUT2D eigenvalue weighted by Crippen LogP contribution is -2.30. The molecule has 21 heavy (non-hydrogen) atoms. The van der Waals surface area contributed by atoms with Gasteiger partial charge in [0.15, 0.2) is 0 Å². The van der Waals surface area contributed by atoms with E-state index in [0.717, 1.165) is 30.9 Å². The quantitative estimate of drug-likeness (QED) is 0.877. The molecule has 112 valence electrons. The maximum atomic E-state index is 6.23. The zero-order valence-corrected chi connectivity index (χ0v) is 12.8. The summed E-state index contributed by atoms with van der Waals surface area (Å²) in [5.74, 6) is 1.07. The zero-order chi connectivity index (χ0) is 15.0. The molecule has 2 aromatic heterocycles. The lowest BCUT2D eigenvalue weighted by molar-refractivity contribution is 0.616. The highest BCUT2D eigenvalue weighted by atomic mass is 35.5. The largest absolute Gasteiger partial charge is 0.368 e. The SMILES string of the molecule is CNC1CCN(c2cc(-c3cnn(C)c3Cl)nc(N)n2)C1. The molecule has 1 atom stereocenters. The second-order valence-corrected chi connectivity index (χ2v) is 5.52. The summed E-state index contributed by atoms with van der Waals surface area (Å²) in [5, 5.41) is 7.96. The number of aromatic nitrogens is 4. The standard InChI is InChI=1S/C13H18ClN7/c1-16-8-3-4-21(7-8)11-5-10(18-13(15)19-11)9-6-17-20(2)12(9)14/h5-6,8,16H,3-4,7H2,1-2H3,(H2,15,18,19). The van der Waals surface area contributed by atoms with E-state index in [0.29, 0.717) is 16.9 Å². The summed E-state index contributed by atoms with van der Waals surface area (Å²) in [6.45, 7) is 1.86. The molecule has 8 heteroatoms. The molecular formula is C13H18ClN7. The van der Waals surface area contributed by atoms with Gasteiger partial charge in [0.25, 0.3) is 0 Å². The van der Waals surface area contributed by atoms with Crippen molar-refractivity contribution in [2.75, 3.05) is 30.8 Å². The average Bonchev–Trinajstić information content (AvgIpc) is 3.06. The summed E-state index contributed by atoms with van der Waals surface area (Å²) in [6.07, 6.45) is 2.78. The van der Waals surface area contributed by atoms with Crippen LogP contribution in [-0.2, 0) is 7.05 Å². The van der Waals surface area contributed by atoms with Crippen molar-refractivity contribution in [1.82, 2.24) is 25.1 Å². The van der Waals surface area contributed by atoms with Gasteiger partial charge in [0, 0.05) is 32.2 Å². The molecule has 3 N–H and O–H groups in total. The topological polar surface area (TPSA) is 84.9 Å². The Morgan fingerprint density at radius 1 is 1.43 bits per heavy atom. The van der Waals surface area contributed by atoms with Crippen molar-refractivity contribution in [3.63, 3.8) is 0 Å². The Morgan fingerprint density at radius 3 is 2.86 bits per heavy atom. The fourth-order valence-electron chi connectivity index (χ4n) is 2.55. The number of nitrogens with two attached hydrogens (primary N) is 1. The van der Waals surface area contributed by atoms with Crippen LogP contribution < -0.4 is 16.0 Å². The number of nitrogen functional groups attached to an aromatic ring is 1. The molecular weight excluding hydrogens is 290 g/mol. The minimum atomic E-state index is 0.246. The Labute approximate surface area is 128 Å². The molecule has 3 heterocycles. The first kappa shape index (κ1) is 14.1. The van der Waals surface area contributed by atoms with Gasteiger partial charge in [0.1, 0.15) is 11.0 Å². The number of nitrogens with one attached hydrogen (secondary N) is 1. The molecule has 0 radical (unpaired) electrons. The highest BCUT2D eigenvalue weighted by molar-refractivity contribution is 6.32. The van der Waals surface area contributed by atoms with Crippen LogP contribution in [0.2, 0.25) is 5.15 Å². The molecule has 0 aliphatic carbocycles. The van der Waals surface area contributed by atoms with Crippen LogP contribution in [-0.4, -0.2) is 45.9 Å². The van der Waals surface area contributed by atoms with Gasteiger partial charge in [-0.3, -0.25) is 4.68 Å². The van der Waals surface area contributed by atoms with Crippen molar-refractivity contribution >= 4 is 23.4 Å². The summed E-state index contributed by atoms with van der Waals surface area (Å²) in [6, 6.07) is 2.39. The van der Waals surface area contributed by atoms with Gasteiger partial charge in [-0.2, -0.15) is 10.1 Å². The molecule has 1 aliphatic rings. The Morgan fingerprint density at radius 2 is 2.24 bits per heavy atom. The fourth-order valence-corrected chi connectivity index (χ4v) is 2.74. The lowest BCUT2D eigenvalue weighted by Gasteiger charge is -2.18. The van der Waals surface area contributed by atoms with Gasteiger partial charge in [0.2, 0.25) is 5.95 Å². The Bertz CT molecular complexity index is 654. The number of likely N-dealkylation sites (N-methyl/N-ethyl adjacent to an activating group) is 1. The highest BCUT2D eigenvalue weighted by Gasteiger charge is 2.23. The van der Waals surface area contributed by atoms with Gasteiger partial charge in [-0.25, -0.2) is 4.98 Å². The minimum absolute atomic E-state index is 0.246. The third kappa shape index (κ3) is 2.66. The van der Waals surface area contributed by atoms with Crippen molar-refractivity contribution in [3.05, 3.63) is 17.4 Å². The van der Waals surface area contributed by atoms with E-state index in [1.165, 1.54) is 0 Å². The lowest BCUT2D eigenvalue weighted by atomic mass is 10.2. The maximum Gasteiger partial charge on any atom is 0.222 e. The summed E-state index contributed by atoms with van der Waals surface area (Å²) >= 11 is 6.23. The predicted octanol–water partition coefficient (Wildman–Crippen LogP) is 0.911. The summed E-state index contributed by atoms with van der Waals surface area (Å²) in [5.41, 5.74) is 7.31. The first-order valence-corrected chi connectivity index (χ1v) is 7.21. The second kappa shape index (κ2) is 5.50. The van der Waals surface area contributed by atoms with Gasteiger partial charge < -0.3 is 16.0 Å². The summed E-state index contributed by atoms with van der Waals surface area (Å²) in [7, 11) is 3.76. The van der Waals surface area contributed by atoms with Crippen molar-refractivity contribution in [3.8, 4) is 11.3 Å². The third-order valence-corrected chi connectivity index (χ3v) is 4.24. The molecule has 2 aromatic rings. The second-order valence-electron chi connectivity index (χ2n) is 5.16. The summed E-state index contributed by atoms with van der Waals surface area (Å²) < 4.78 is 1.60. The summed E-state index contributed by atoms with van der Waals surface area (Å²) in [4.78, 5) is 10.8. The minimum Gasteiger partial charge on any atom is -0.368 e. The number of aryl methyl sites for hydroxylation is 1. The molecule has 1 unspecified atom stereocenters. The molecule has 1 saturated heterocycles. The van der Waals surface area contributed by atoms with E-state index in [-0.39, 0.29) is 5.95 Å². The maximum absolute atomic E-state index is 6.23. The van der Waals surface area contributed by atoms with Crippen LogP contribution >= 0.6 is 11.6 Å². The van der Waals surface area contributed by atoms with Gasteiger partial charge in [-0.05, 0) is 13.5 Å². The first-order chi connectivity index (χ1) is 10.1. The van der Waals surface area contributed by atoms with E-state index in [9.17, 15) is 0 Å². The van der Waals surface area contributed by atoms with E-state index in [1.54, 1.807) is 17.9 Å². The zero-order valence-electron chi connectivity index (χ0n) is 12.0. The van der Waals surface area contributed by atoms with Crippen LogP contribution in [0, 0.1) is 0 Å². The molecule has 7 nitrogen and oxygen atoms in total. The fraction of sp³-hybridized carbons (Fsp3) is 0.462. The van der Waals surface area contributed by atoms with E-state index < -0.39 is 0 Å². The van der Waals surface area contributed by atoms with E-state index >= 15 is 0 Å². The van der Waals surface area contributed by atoms with Crippen molar-refractivity contribution in [2.24, 2.45) is 7.05 Å². The number of hydrogen-bond acceptors (Lipinski definition) is 6. The monoisotopic (exact) mass is 307 g/mol. The number of rotatable bonds is 3. The van der Waals surface area contributed by atoms with E-state index in [2.05, 4.69) is 25.3 Å². The van der Waals surface area contributed by atoms with Gasteiger partial charge in [0.05, 0.1) is 17.5 Å². The number of anilines is 2. The van der Waals surface area contributed by atoms with Crippen LogP contribution in [0.3, 0.4) is 0 Å². The van der Waals surface area contributed by atoms with Crippen molar-refractivity contribution in [2.45, 2.75) is 12.5 Å². The molecule has 0 saturated carbocycles. The molecule has 0 aromatic carbocycles. The Balaban J connectivity index is 1.95. The van der Waals surface area contributed by atoms with E-state index in [4.69, 9.17) is 17.3 Å². The smallest absolute Gasteiger partial charge is 0.222 e. The van der Waals surface area contributed by atoms with E-state index in [1.807, 2.05) is 13.1 Å². The predicted molar refractivity (Wildman–Crippen MR) is 83.3 cm³/mol. The van der Waals surface area contributed by atoms with Crippen LogP contribution in [0.25, 0.3) is 11.3 Å². The molecule has 0 spiro atoms.